The molecule has 0 aliphatic rings. The third-order valence-electron chi connectivity index (χ3n) is 2.86. The fraction of sp³-hybridized carbons (Fsp3) is 0.467. The van der Waals surface area contributed by atoms with Gasteiger partial charge in [0.2, 0.25) is 11.8 Å². The zero-order chi connectivity index (χ0) is 16.2. The lowest BCUT2D eigenvalue weighted by Gasteiger charge is -2.08. The first-order valence-electron chi connectivity index (χ1n) is 7.01. The van der Waals surface area contributed by atoms with E-state index in [9.17, 15) is 9.59 Å². The Kier molecular flexibility index (Phi) is 8.63. The summed E-state index contributed by atoms with van der Waals surface area (Å²) in [5.74, 6) is 0.306. The predicted molar refractivity (Wildman–Crippen MR) is 82.6 cm³/mol. The molecule has 22 heavy (non-hydrogen) atoms. The number of rotatable bonds is 10. The highest BCUT2D eigenvalue weighted by atomic mass is 16.5. The zero-order valence-corrected chi connectivity index (χ0v) is 13.0. The maximum absolute atomic E-state index is 11.6. The van der Waals surface area contributed by atoms with Crippen LogP contribution in [0.2, 0.25) is 0 Å². The summed E-state index contributed by atoms with van der Waals surface area (Å²) in [4.78, 5) is 23.1. The Morgan fingerprint density at radius 2 is 1.68 bits per heavy atom. The normalized spacial score (nSPS) is 10.1. The molecule has 0 atom stereocenters. The van der Waals surface area contributed by atoms with E-state index in [1.54, 1.807) is 14.2 Å². The van der Waals surface area contributed by atoms with Crippen molar-refractivity contribution in [1.29, 1.82) is 0 Å². The first-order valence-corrected chi connectivity index (χ1v) is 7.01. The van der Waals surface area contributed by atoms with Gasteiger partial charge in [0.15, 0.2) is 0 Å². The van der Waals surface area contributed by atoms with Gasteiger partial charge in [-0.15, -0.1) is 0 Å². The van der Waals surface area contributed by atoms with Crippen molar-refractivity contribution < 1.29 is 19.1 Å². The second-order valence-electron chi connectivity index (χ2n) is 4.57. The third kappa shape index (κ3) is 7.61. The van der Waals surface area contributed by atoms with Crippen LogP contribution in [0, 0.1) is 0 Å². The summed E-state index contributed by atoms with van der Waals surface area (Å²) in [6.07, 6.45) is 0. The highest BCUT2D eigenvalue weighted by molar-refractivity contribution is 5.85. The number of ether oxygens (including phenoxy) is 2. The molecule has 1 aromatic rings. The Labute approximate surface area is 130 Å². The number of carbonyl (C=O) groups is 2. The molecule has 3 N–H and O–H groups in total. The van der Waals surface area contributed by atoms with E-state index in [1.807, 2.05) is 24.3 Å². The van der Waals surface area contributed by atoms with E-state index in [2.05, 4.69) is 16.0 Å². The Hall–Kier alpha value is -2.12. The third-order valence-corrected chi connectivity index (χ3v) is 2.86. The van der Waals surface area contributed by atoms with Crippen LogP contribution < -0.4 is 20.7 Å². The van der Waals surface area contributed by atoms with Crippen LogP contribution in [0.1, 0.15) is 5.56 Å². The molecule has 0 aliphatic heterocycles. The topological polar surface area (TPSA) is 88.7 Å². The zero-order valence-electron chi connectivity index (χ0n) is 13.0. The standard InChI is InChI=1S/C15H23N3O4/c1-21-8-7-16-10-14(19)18-11-15(20)17-9-12-3-5-13(22-2)6-4-12/h3-6,16H,7-11H2,1-2H3,(H,17,20)(H,18,19). The number of methoxy groups -OCH3 is 2. The monoisotopic (exact) mass is 309 g/mol. The molecule has 0 heterocycles. The Morgan fingerprint density at radius 3 is 2.32 bits per heavy atom. The van der Waals surface area contributed by atoms with Crippen LogP contribution in [0.25, 0.3) is 0 Å². The summed E-state index contributed by atoms with van der Waals surface area (Å²) in [7, 11) is 3.19. The Bertz CT molecular complexity index is 462. The average molecular weight is 309 g/mol. The van der Waals surface area contributed by atoms with Crippen molar-refractivity contribution in [1.82, 2.24) is 16.0 Å². The molecule has 0 fully saturated rings. The fourth-order valence-corrected chi connectivity index (χ4v) is 1.62. The van der Waals surface area contributed by atoms with Gasteiger partial charge in [0.25, 0.3) is 0 Å². The fourth-order valence-electron chi connectivity index (χ4n) is 1.62. The van der Waals surface area contributed by atoms with Crippen LogP contribution in [-0.2, 0) is 20.9 Å². The van der Waals surface area contributed by atoms with Gasteiger partial charge < -0.3 is 25.4 Å². The first-order chi connectivity index (χ1) is 10.7. The summed E-state index contributed by atoms with van der Waals surface area (Å²) in [5, 5.41) is 8.17. The van der Waals surface area contributed by atoms with Gasteiger partial charge in [-0.05, 0) is 17.7 Å². The van der Waals surface area contributed by atoms with Gasteiger partial charge in [-0.2, -0.15) is 0 Å². The van der Waals surface area contributed by atoms with Crippen LogP contribution in [0.3, 0.4) is 0 Å². The molecule has 0 bridgehead atoms. The first kappa shape index (κ1) is 17.9. The molecule has 2 amide bonds. The van der Waals surface area contributed by atoms with Crippen LogP contribution in [-0.4, -0.2) is 52.3 Å². The maximum atomic E-state index is 11.6. The molecular weight excluding hydrogens is 286 g/mol. The smallest absolute Gasteiger partial charge is 0.239 e. The van der Waals surface area contributed by atoms with Crippen LogP contribution in [0.15, 0.2) is 24.3 Å². The molecule has 1 aromatic carbocycles. The SMILES string of the molecule is COCCNCC(=O)NCC(=O)NCc1ccc(OC)cc1. The van der Waals surface area contributed by atoms with Crippen molar-refractivity contribution in [2.75, 3.05) is 40.5 Å². The lowest BCUT2D eigenvalue weighted by molar-refractivity contribution is -0.125. The van der Waals surface area contributed by atoms with E-state index in [0.29, 0.717) is 19.7 Å². The van der Waals surface area contributed by atoms with Crippen molar-refractivity contribution in [2.45, 2.75) is 6.54 Å². The summed E-state index contributed by atoms with van der Waals surface area (Å²) in [5.41, 5.74) is 0.960. The minimum Gasteiger partial charge on any atom is -0.497 e. The van der Waals surface area contributed by atoms with E-state index in [1.165, 1.54) is 0 Å². The highest BCUT2D eigenvalue weighted by Gasteiger charge is 2.05. The minimum atomic E-state index is -0.235. The number of hydrogen-bond donors (Lipinski definition) is 3. The molecule has 0 saturated heterocycles. The van der Waals surface area contributed by atoms with Crippen molar-refractivity contribution in [2.24, 2.45) is 0 Å². The minimum absolute atomic E-state index is 0.0407. The molecule has 7 heteroatoms. The van der Waals surface area contributed by atoms with Crippen LogP contribution in [0.5, 0.6) is 5.75 Å². The summed E-state index contributed by atoms with van der Waals surface area (Å²) in [6.45, 7) is 1.66. The average Bonchev–Trinajstić information content (AvgIpc) is 2.55. The van der Waals surface area contributed by atoms with Gasteiger partial charge in [0.05, 0.1) is 26.8 Å². The van der Waals surface area contributed by atoms with Gasteiger partial charge in [-0.1, -0.05) is 12.1 Å². The molecule has 0 aromatic heterocycles. The van der Waals surface area contributed by atoms with E-state index in [-0.39, 0.29) is 24.9 Å². The van der Waals surface area contributed by atoms with Gasteiger partial charge in [0, 0.05) is 20.2 Å². The quantitative estimate of drug-likeness (QED) is 0.515. The predicted octanol–water partition coefficient (Wildman–Crippen LogP) is -0.336. The largest absolute Gasteiger partial charge is 0.497 e. The molecule has 7 nitrogen and oxygen atoms in total. The molecular formula is C15H23N3O4. The maximum Gasteiger partial charge on any atom is 0.239 e. The Balaban J connectivity index is 2.16. The molecule has 0 saturated carbocycles. The van der Waals surface area contributed by atoms with E-state index < -0.39 is 0 Å². The van der Waals surface area contributed by atoms with Crippen LogP contribution >= 0.6 is 0 Å². The van der Waals surface area contributed by atoms with Gasteiger partial charge in [0.1, 0.15) is 5.75 Å². The number of carbonyl (C=O) groups excluding carboxylic acids is 2. The number of amides is 2. The van der Waals surface area contributed by atoms with Crippen molar-refractivity contribution in [3.8, 4) is 5.75 Å². The summed E-state index contributed by atoms with van der Waals surface area (Å²) >= 11 is 0. The van der Waals surface area contributed by atoms with Crippen molar-refractivity contribution >= 4 is 11.8 Å². The Morgan fingerprint density at radius 1 is 1.00 bits per heavy atom. The second kappa shape index (κ2) is 10.6. The lowest BCUT2D eigenvalue weighted by atomic mass is 10.2. The molecule has 0 spiro atoms. The van der Waals surface area contributed by atoms with Gasteiger partial charge >= 0.3 is 0 Å². The summed E-state index contributed by atoms with van der Waals surface area (Å²) in [6, 6.07) is 7.40. The van der Waals surface area contributed by atoms with E-state index >= 15 is 0 Å². The molecule has 0 radical (unpaired) electrons. The van der Waals surface area contributed by atoms with Crippen molar-refractivity contribution in [3.63, 3.8) is 0 Å². The second-order valence-corrected chi connectivity index (χ2v) is 4.57. The van der Waals surface area contributed by atoms with E-state index in [0.717, 1.165) is 11.3 Å². The number of hydrogen-bond acceptors (Lipinski definition) is 5. The molecule has 122 valence electrons. The number of nitrogens with one attached hydrogen (secondary N) is 3. The molecule has 0 aliphatic carbocycles. The van der Waals surface area contributed by atoms with Gasteiger partial charge in [-0.25, -0.2) is 0 Å². The van der Waals surface area contributed by atoms with Crippen LogP contribution in [0.4, 0.5) is 0 Å². The van der Waals surface area contributed by atoms with E-state index in [4.69, 9.17) is 9.47 Å². The molecule has 0 unspecified atom stereocenters. The van der Waals surface area contributed by atoms with Crippen molar-refractivity contribution in [3.05, 3.63) is 29.8 Å². The number of benzene rings is 1. The highest BCUT2D eigenvalue weighted by Crippen LogP contribution is 2.10. The van der Waals surface area contributed by atoms with Gasteiger partial charge in [-0.3, -0.25) is 9.59 Å². The lowest BCUT2D eigenvalue weighted by Crippen LogP contribution is -2.41. The summed E-state index contributed by atoms with van der Waals surface area (Å²) < 4.78 is 9.90. The molecule has 1 rings (SSSR count).